The standard InChI is InChI=1S/C22H23N5O5S/c1-4-12-26-21(15(2)32-19-7-5-6-18(13-19)31-3)24-25-22(26)33-14-20(28)23-16-8-10-17(11-9-16)27(29)30/h4-11,13,15H,1,12,14H2,2-3H3,(H,23,28). The molecule has 1 aromatic heterocycles. The number of nitro groups is 1. The average molecular weight is 470 g/mol. The number of hydrogen-bond acceptors (Lipinski definition) is 8. The Morgan fingerprint density at radius 3 is 2.67 bits per heavy atom. The molecule has 1 N–H and O–H groups in total. The number of hydrogen-bond donors (Lipinski definition) is 1. The molecule has 33 heavy (non-hydrogen) atoms. The van der Waals surface area contributed by atoms with Crippen molar-refractivity contribution in [3.05, 3.63) is 77.1 Å². The van der Waals surface area contributed by atoms with E-state index < -0.39 is 11.0 Å². The molecule has 0 bridgehead atoms. The summed E-state index contributed by atoms with van der Waals surface area (Å²) in [5, 5.41) is 22.5. The molecule has 10 nitrogen and oxygen atoms in total. The number of carbonyl (C=O) groups excluding carboxylic acids is 1. The molecule has 0 fully saturated rings. The van der Waals surface area contributed by atoms with Crippen molar-refractivity contribution in [3.63, 3.8) is 0 Å². The molecule has 0 aliphatic carbocycles. The number of amides is 1. The van der Waals surface area contributed by atoms with Gasteiger partial charge in [0.05, 0.1) is 17.8 Å². The summed E-state index contributed by atoms with van der Waals surface area (Å²) < 4.78 is 13.1. The van der Waals surface area contributed by atoms with Crippen LogP contribution >= 0.6 is 11.8 Å². The lowest BCUT2D eigenvalue weighted by Gasteiger charge is -2.16. The fourth-order valence-corrected chi connectivity index (χ4v) is 3.69. The number of rotatable bonds is 11. The summed E-state index contributed by atoms with van der Waals surface area (Å²) >= 11 is 1.22. The summed E-state index contributed by atoms with van der Waals surface area (Å²) in [6.07, 6.45) is 1.31. The number of benzene rings is 2. The molecular weight excluding hydrogens is 446 g/mol. The van der Waals surface area contributed by atoms with Crippen LogP contribution < -0.4 is 14.8 Å². The highest BCUT2D eigenvalue weighted by Gasteiger charge is 2.20. The van der Waals surface area contributed by atoms with Crippen LogP contribution in [0.1, 0.15) is 18.9 Å². The van der Waals surface area contributed by atoms with Crippen molar-refractivity contribution in [2.24, 2.45) is 0 Å². The van der Waals surface area contributed by atoms with Gasteiger partial charge < -0.3 is 14.8 Å². The van der Waals surface area contributed by atoms with Crippen LogP contribution in [0, 0.1) is 10.1 Å². The molecule has 0 saturated heterocycles. The zero-order valence-electron chi connectivity index (χ0n) is 18.1. The second-order valence-electron chi connectivity index (χ2n) is 6.82. The lowest BCUT2D eigenvalue weighted by atomic mass is 10.3. The number of ether oxygens (including phenoxy) is 2. The van der Waals surface area contributed by atoms with Crippen LogP contribution in [0.5, 0.6) is 11.5 Å². The zero-order chi connectivity index (χ0) is 23.8. The van der Waals surface area contributed by atoms with Gasteiger partial charge in [-0.3, -0.25) is 19.5 Å². The third-order valence-electron chi connectivity index (χ3n) is 4.47. The lowest BCUT2D eigenvalue weighted by molar-refractivity contribution is -0.384. The molecule has 11 heteroatoms. The number of thioether (sulfide) groups is 1. The molecule has 0 aliphatic heterocycles. The number of aromatic nitrogens is 3. The van der Waals surface area contributed by atoms with Crippen molar-refractivity contribution in [2.75, 3.05) is 18.2 Å². The summed E-state index contributed by atoms with van der Waals surface area (Å²) in [5.41, 5.74) is 0.428. The van der Waals surface area contributed by atoms with Crippen molar-refractivity contribution in [3.8, 4) is 11.5 Å². The highest BCUT2D eigenvalue weighted by atomic mass is 32.2. The van der Waals surface area contributed by atoms with Crippen LogP contribution in [0.15, 0.2) is 66.3 Å². The first-order chi connectivity index (χ1) is 15.9. The van der Waals surface area contributed by atoms with E-state index in [1.54, 1.807) is 19.3 Å². The number of carbonyl (C=O) groups is 1. The van der Waals surface area contributed by atoms with Crippen molar-refractivity contribution in [2.45, 2.75) is 24.7 Å². The van der Waals surface area contributed by atoms with Gasteiger partial charge in [-0.1, -0.05) is 23.9 Å². The number of allylic oxidation sites excluding steroid dienone is 1. The number of nitro benzene ring substituents is 1. The number of anilines is 1. The molecule has 0 spiro atoms. The lowest BCUT2D eigenvalue weighted by Crippen LogP contribution is -2.15. The minimum Gasteiger partial charge on any atom is -0.497 e. The first kappa shape index (κ1) is 23.8. The van der Waals surface area contributed by atoms with Crippen LogP contribution in [0.3, 0.4) is 0 Å². The van der Waals surface area contributed by atoms with Crippen molar-refractivity contribution in [1.82, 2.24) is 14.8 Å². The van der Waals surface area contributed by atoms with Gasteiger partial charge in [0.2, 0.25) is 5.91 Å². The third kappa shape index (κ3) is 6.32. The summed E-state index contributed by atoms with van der Waals surface area (Å²) in [4.78, 5) is 22.6. The SMILES string of the molecule is C=CCn1c(SCC(=O)Nc2ccc([N+](=O)[O-])cc2)nnc1C(C)Oc1cccc(OC)c1. The molecule has 2 aromatic carbocycles. The van der Waals surface area contributed by atoms with E-state index in [2.05, 4.69) is 22.1 Å². The largest absolute Gasteiger partial charge is 0.497 e. The fraction of sp³-hybridized carbons (Fsp3) is 0.227. The predicted molar refractivity (Wildman–Crippen MR) is 125 cm³/mol. The smallest absolute Gasteiger partial charge is 0.269 e. The number of non-ortho nitro benzene ring substituents is 1. The first-order valence-electron chi connectivity index (χ1n) is 9.93. The molecule has 1 heterocycles. The Hall–Kier alpha value is -3.86. The van der Waals surface area contributed by atoms with Crippen LogP contribution in [0.4, 0.5) is 11.4 Å². The summed E-state index contributed by atoms with van der Waals surface area (Å²) in [6, 6.07) is 12.9. The molecule has 1 amide bonds. The summed E-state index contributed by atoms with van der Waals surface area (Å²) in [7, 11) is 1.59. The minimum absolute atomic E-state index is 0.0438. The maximum Gasteiger partial charge on any atom is 0.269 e. The van der Waals surface area contributed by atoms with E-state index in [1.165, 1.54) is 36.0 Å². The van der Waals surface area contributed by atoms with Gasteiger partial charge in [-0.2, -0.15) is 0 Å². The Morgan fingerprint density at radius 2 is 2.00 bits per heavy atom. The molecular formula is C22H23N5O5S. The van der Waals surface area contributed by atoms with Gasteiger partial charge in [-0.05, 0) is 31.2 Å². The van der Waals surface area contributed by atoms with E-state index in [1.807, 2.05) is 29.7 Å². The topological polar surface area (TPSA) is 121 Å². The number of methoxy groups -OCH3 is 1. The molecule has 3 rings (SSSR count). The normalized spacial score (nSPS) is 11.5. The highest BCUT2D eigenvalue weighted by molar-refractivity contribution is 7.99. The Bertz CT molecular complexity index is 1130. The van der Waals surface area contributed by atoms with Gasteiger partial charge in [-0.25, -0.2) is 0 Å². The van der Waals surface area contributed by atoms with E-state index in [-0.39, 0.29) is 17.3 Å². The average Bonchev–Trinajstić information content (AvgIpc) is 3.21. The van der Waals surface area contributed by atoms with E-state index in [0.717, 1.165) is 0 Å². The van der Waals surface area contributed by atoms with Gasteiger partial charge >= 0.3 is 0 Å². The van der Waals surface area contributed by atoms with Crippen LogP contribution in [0.25, 0.3) is 0 Å². The minimum atomic E-state index is -0.496. The molecule has 172 valence electrons. The first-order valence-corrected chi connectivity index (χ1v) is 10.9. The van der Waals surface area contributed by atoms with Crippen LogP contribution in [0.2, 0.25) is 0 Å². The second-order valence-corrected chi connectivity index (χ2v) is 7.76. The summed E-state index contributed by atoms with van der Waals surface area (Å²) in [5.74, 6) is 1.71. The van der Waals surface area contributed by atoms with E-state index in [4.69, 9.17) is 9.47 Å². The van der Waals surface area contributed by atoms with E-state index in [9.17, 15) is 14.9 Å². The maximum atomic E-state index is 12.3. The van der Waals surface area contributed by atoms with Gasteiger partial charge in [0.25, 0.3) is 5.69 Å². The van der Waals surface area contributed by atoms with Gasteiger partial charge in [0.1, 0.15) is 11.5 Å². The monoisotopic (exact) mass is 469 g/mol. The Balaban J connectivity index is 1.65. The Morgan fingerprint density at radius 1 is 1.27 bits per heavy atom. The van der Waals surface area contributed by atoms with Crippen LogP contribution in [-0.2, 0) is 11.3 Å². The molecule has 0 aliphatic rings. The fourth-order valence-electron chi connectivity index (χ4n) is 2.93. The second kappa shape index (κ2) is 11.1. The van der Waals surface area contributed by atoms with Gasteiger partial charge in [-0.15, -0.1) is 16.8 Å². The third-order valence-corrected chi connectivity index (χ3v) is 5.44. The predicted octanol–water partition coefficient (Wildman–Crippen LogP) is 4.25. The molecule has 0 radical (unpaired) electrons. The van der Waals surface area contributed by atoms with Crippen LogP contribution in [-0.4, -0.2) is 38.5 Å². The molecule has 1 unspecified atom stereocenters. The Kier molecular flexibility index (Phi) is 8.03. The maximum absolute atomic E-state index is 12.3. The quantitative estimate of drug-likeness (QED) is 0.191. The van der Waals surface area contributed by atoms with Crippen molar-refractivity contribution >= 4 is 29.0 Å². The van der Waals surface area contributed by atoms with E-state index in [0.29, 0.717) is 34.7 Å². The Labute approximate surface area is 194 Å². The molecule has 3 aromatic rings. The number of nitrogens with zero attached hydrogens (tertiary/aromatic N) is 4. The zero-order valence-corrected chi connectivity index (χ0v) is 18.9. The van der Waals surface area contributed by atoms with Crippen molar-refractivity contribution < 1.29 is 19.2 Å². The van der Waals surface area contributed by atoms with Gasteiger partial charge in [0, 0.05) is 30.4 Å². The summed E-state index contributed by atoms with van der Waals surface area (Å²) in [6.45, 7) is 6.09. The number of nitrogens with one attached hydrogen (secondary N) is 1. The molecule has 0 saturated carbocycles. The highest BCUT2D eigenvalue weighted by Crippen LogP contribution is 2.27. The molecule has 1 atom stereocenters. The van der Waals surface area contributed by atoms with Crippen molar-refractivity contribution in [1.29, 1.82) is 0 Å². The van der Waals surface area contributed by atoms with E-state index >= 15 is 0 Å². The van der Waals surface area contributed by atoms with Gasteiger partial charge in [0.15, 0.2) is 17.1 Å².